The van der Waals surface area contributed by atoms with Gasteiger partial charge in [0, 0.05) is 4.88 Å². The molecule has 1 fully saturated rings. The number of aromatic nitrogens is 1. The number of aryl methyl sites for hydroxylation is 2. The van der Waals surface area contributed by atoms with Gasteiger partial charge in [-0.15, -0.1) is 11.3 Å². The first kappa shape index (κ1) is 14.5. The quantitative estimate of drug-likeness (QED) is 0.888. The number of nitrogens with one attached hydrogen (secondary N) is 1. The second kappa shape index (κ2) is 6.15. The highest BCUT2D eigenvalue weighted by molar-refractivity contribution is 7.11. The first-order valence-electron chi connectivity index (χ1n) is 8.45. The van der Waals surface area contributed by atoms with E-state index >= 15 is 0 Å². The van der Waals surface area contributed by atoms with Gasteiger partial charge in [0.05, 0.1) is 11.2 Å². The fourth-order valence-corrected chi connectivity index (χ4v) is 5.40. The minimum atomic E-state index is 0.187. The molecule has 0 aliphatic heterocycles. The van der Waals surface area contributed by atoms with Crippen molar-refractivity contribution in [2.75, 3.05) is 7.05 Å². The molecule has 3 heteroatoms. The highest BCUT2D eigenvalue weighted by Gasteiger charge is 2.38. The zero-order valence-electron chi connectivity index (χ0n) is 13.0. The van der Waals surface area contributed by atoms with Crippen LogP contribution in [0.15, 0.2) is 0 Å². The molecule has 0 spiro atoms. The molecule has 0 atom stereocenters. The molecule has 2 nitrogen and oxygen atoms in total. The molecule has 0 amide bonds. The van der Waals surface area contributed by atoms with E-state index in [1.165, 1.54) is 74.9 Å². The Bertz CT molecular complexity index is 420. The van der Waals surface area contributed by atoms with Gasteiger partial charge in [0.15, 0.2) is 0 Å². The van der Waals surface area contributed by atoms with Crippen LogP contribution in [0.25, 0.3) is 0 Å². The van der Waals surface area contributed by atoms with Crippen molar-refractivity contribution in [1.82, 2.24) is 10.3 Å². The Morgan fingerprint density at radius 3 is 2.65 bits per heavy atom. The summed E-state index contributed by atoms with van der Waals surface area (Å²) in [6.45, 7) is 2.31. The highest BCUT2D eigenvalue weighted by Crippen LogP contribution is 2.43. The lowest BCUT2D eigenvalue weighted by Crippen LogP contribution is -2.43. The predicted octanol–water partition coefficient (Wildman–Crippen LogP) is 4.43. The van der Waals surface area contributed by atoms with E-state index in [0.717, 1.165) is 5.92 Å². The first-order valence-corrected chi connectivity index (χ1v) is 9.27. The second-order valence-electron chi connectivity index (χ2n) is 6.66. The summed E-state index contributed by atoms with van der Waals surface area (Å²) in [5.41, 5.74) is 1.60. The zero-order valence-corrected chi connectivity index (χ0v) is 13.8. The third kappa shape index (κ3) is 2.67. The van der Waals surface area contributed by atoms with Gasteiger partial charge in [0.2, 0.25) is 0 Å². The van der Waals surface area contributed by atoms with Crippen molar-refractivity contribution >= 4 is 11.3 Å². The molecule has 1 heterocycles. The lowest BCUT2D eigenvalue weighted by molar-refractivity contribution is 0.191. The molecule has 2 aliphatic carbocycles. The molecule has 0 saturated heterocycles. The van der Waals surface area contributed by atoms with Crippen molar-refractivity contribution in [3.63, 3.8) is 0 Å². The fraction of sp³-hybridized carbons (Fsp3) is 0.824. The summed E-state index contributed by atoms with van der Waals surface area (Å²) < 4.78 is 0. The van der Waals surface area contributed by atoms with Crippen LogP contribution in [0.1, 0.15) is 73.9 Å². The van der Waals surface area contributed by atoms with Gasteiger partial charge < -0.3 is 5.32 Å². The summed E-state index contributed by atoms with van der Waals surface area (Å²) in [4.78, 5) is 6.62. The van der Waals surface area contributed by atoms with E-state index in [-0.39, 0.29) is 5.54 Å². The van der Waals surface area contributed by atoms with Crippen LogP contribution >= 0.6 is 11.3 Å². The standard InChI is InChI=1S/C17H28N2S/c1-3-6-13-9-11-17(18-2,12-10-13)16-19-14-7-4-5-8-15(14)20-16/h13,18H,3-12H2,1-2H3. The molecule has 2 aliphatic rings. The Morgan fingerprint density at radius 2 is 2.00 bits per heavy atom. The fourth-order valence-electron chi connectivity index (χ4n) is 3.99. The van der Waals surface area contributed by atoms with Crippen LogP contribution in [0.2, 0.25) is 0 Å². The Hall–Kier alpha value is -0.410. The summed E-state index contributed by atoms with van der Waals surface area (Å²) in [5.74, 6) is 0.955. The average molecular weight is 292 g/mol. The molecule has 0 bridgehead atoms. The number of rotatable bonds is 4. The van der Waals surface area contributed by atoms with Crippen molar-refractivity contribution in [3.8, 4) is 0 Å². The molecule has 0 aromatic carbocycles. The van der Waals surface area contributed by atoms with Crippen LogP contribution in [0.5, 0.6) is 0 Å². The lowest BCUT2D eigenvalue weighted by atomic mass is 9.75. The van der Waals surface area contributed by atoms with E-state index < -0.39 is 0 Å². The molecule has 1 aromatic heterocycles. The summed E-state index contributed by atoms with van der Waals surface area (Å²) in [6.07, 6.45) is 13.2. The molecular formula is C17H28N2S. The second-order valence-corrected chi connectivity index (χ2v) is 7.74. The predicted molar refractivity (Wildman–Crippen MR) is 86.4 cm³/mol. The third-order valence-corrected chi connectivity index (χ3v) is 6.75. The van der Waals surface area contributed by atoms with E-state index in [2.05, 4.69) is 19.3 Å². The van der Waals surface area contributed by atoms with Crippen LogP contribution in [-0.4, -0.2) is 12.0 Å². The number of fused-ring (bicyclic) bond motifs is 1. The normalized spacial score (nSPS) is 30.2. The van der Waals surface area contributed by atoms with Gasteiger partial charge in [0.1, 0.15) is 5.01 Å². The van der Waals surface area contributed by atoms with E-state index in [1.54, 1.807) is 4.88 Å². The minimum absolute atomic E-state index is 0.187. The van der Waals surface area contributed by atoms with Crippen molar-refractivity contribution in [1.29, 1.82) is 0 Å². The SMILES string of the molecule is CCCC1CCC(NC)(c2nc3c(s2)CCCC3)CC1. The molecule has 1 aromatic rings. The summed E-state index contributed by atoms with van der Waals surface area (Å²) >= 11 is 2.01. The molecule has 20 heavy (non-hydrogen) atoms. The topological polar surface area (TPSA) is 24.9 Å². The van der Waals surface area contributed by atoms with Crippen LogP contribution in [0, 0.1) is 5.92 Å². The third-order valence-electron chi connectivity index (χ3n) is 5.39. The van der Waals surface area contributed by atoms with Gasteiger partial charge in [-0.1, -0.05) is 19.8 Å². The first-order chi connectivity index (χ1) is 9.77. The summed E-state index contributed by atoms with van der Waals surface area (Å²) in [6, 6.07) is 0. The number of hydrogen-bond donors (Lipinski definition) is 1. The maximum Gasteiger partial charge on any atom is 0.113 e. The van der Waals surface area contributed by atoms with Gasteiger partial charge in [-0.3, -0.25) is 0 Å². The van der Waals surface area contributed by atoms with Gasteiger partial charge >= 0.3 is 0 Å². The largest absolute Gasteiger partial charge is 0.308 e. The van der Waals surface area contributed by atoms with Crippen LogP contribution in [0.4, 0.5) is 0 Å². The van der Waals surface area contributed by atoms with E-state index in [1.807, 2.05) is 11.3 Å². The molecule has 112 valence electrons. The molecular weight excluding hydrogens is 264 g/mol. The van der Waals surface area contributed by atoms with Crippen molar-refractivity contribution in [2.45, 2.75) is 76.7 Å². The average Bonchev–Trinajstić information content (AvgIpc) is 2.93. The summed E-state index contributed by atoms with van der Waals surface area (Å²) in [7, 11) is 2.14. The van der Waals surface area contributed by atoms with Gasteiger partial charge in [-0.05, 0) is 64.3 Å². The molecule has 1 saturated carbocycles. The monoisotopic (exact) mass is 292 g/mol. The van der Waals surface area contributed by atoms with E-state index in [4.69, 9.17) is 4.98 Å². The Labute approximate surface area is 127 Å². The van der Waals surface area contributed by atoms with Gasteiger partial charge in [0.25, 0.3) is 0 Å². The van der Waals surface area contributed by atoms with Crippen molar-refractivity contribution < 1.29 is 0 Å². The van der Waals surface area contributed by atoms with Gasteiger partial charge in [-0.2, -0.15) is 0 Å². The maximum absolute atomic E-state index is 5.04. The smallest absolute Gasteiger partial charge is 0.113 e. The van der Waals surface area contributed by atoms with Crippen LogP contribution < -0.4 is 5.32 Å². The zero-order chi connectivity index (χ0) is 14.0. The number of hydrogen-bond acceptors (Lipinski definition) is 3. The number of thiazole rings is 1. The molecule has 0 unspecified atom stereocenters. The summed E-state index contributed by atoms with van der Waals surface area (Å²) in [5, 5.41) is 5.04. The van der Waals surface area contributed by atoms with E-state index in [0.29, 0.717) is 0 Å². The number of nitrogens with zero attached hydrogens (tertiary/aromatic N) is 1. The maximum atomic E-state index is 5.04. The Kier molecular flexibility index (Phi) is 4.46. The Morgan fingerprint density at radius 1 is 1.25 bits per heavy atom. The van der Waals surface area contributed by atoms with E-state index in [9.17, 15) is 0 Å². The lowest BCUT2D eigenvalue weighted by Gasteiger charge is -2.38. The molecule has 3 rings (SSSR count). The molecule has 1 N–H and O–H groups in total. The molecule has 0 radical (unpaired) electrons. The van der Waals surface area contributed by atoms with Crippen LogP contribution in [0.3, 0.4) is 0 Å². The van der Waals surface area contributed by atoms with Crippen LogP contribution in [-0.2, 0) is 18.4 Å². The minimum Gasteiger partial charge on any atom is -0.308 e. The highest BCUT2D eigenvalue weighted by atomic mass is 32.1. The van der Waals surface area contributed by atoms with Crippen molar-refractivity contribution in [3.05, 3.63) is 15.6 Å². The van der Waals surface area contributed by atoms with Gasteiger partial charge in [-0.25, -0.2) is 4.98 Å². The van der Waals surface area contributed by atoms with Crippen molar-refractivity contribution in [2.24, 2.45) is 5.92 Å². The Balaban J connectivity index is 1.77.